The summed E-state index contributed by atoms with van der Waals surface area (Å²) in [4.78, 5) is 27.9. The van der Waals surface area contributed by atoms with Gasteiger partial charge in [-0.2, -0.15) is 9.98 Å². The smallest absolute Gasteiger partial charge is 0.432 e. The Labute approximate surface area is 182 Å². The van der Waals surface area contributed by atoms with E-state index in [4.69, 9.17) is 14.0 Å². The molecule has 3 aromatic rings. The predicted molar refractivity (Wildman–Crippen MR) is 117 cm³/mol. The molecular weight excluding hydrogens is 422 g/mol. The molecule has 0 aliphatic carbocycles. The summed E-state index contributed by atoms with van der Waals surface area (Å²) in [6, 6.07) is 8.76. The highest BCUT2D eigenvalue weighted by molar-refractivity contribution is 8.15. The van der Waals surface area contributed by atoms with E-state index in [2.05, 4.69) is 25.1 Å². The van der Waals surface area contributed by atoms with Crippen LogP contribution in [0.2, 0.25) is 0 Å². The van der Waals surface area contributed by atoms with Crippen LogP contribution in [-0.4, -0.2) is 57.6 Å². The number of methoxy groups -OCH3 is 2. The summed E-state index contributed by atoms with van der Waals surface area (Å²) >= 11 is 1.15. The van der Waals surface area contributed by atoms with Crippen molar-refractivity contribution in [2.45, 2.75) is 6.92 Å². The van der Waals surface area contributed by atoms with Crippen LogP contribution in [0.3, 0.4) is 0 Å². The number of nitrogens with zero attached hydrogens (tertiary/aromatic N) is 5. The molecule has 3 rings (SSSR count). The van der Waals surface area contributed by atoms with E-state index in [1.165, 1.54) is 20.4 Å². The number of carbonyl (C=O) groups is 1. The second kappa shape index (κ2) is 9.85. The van der Waals surface area contributed by atoms with E-state index in [9.17, 15) is 9.90 Å². The SMILES string of the molecule is COc1cc(C(=Nc2ccc(-c3noc(C)n3)cc2)C(=NC(=O)O)SC)cnc1OC. The minimum absolute atomic E-state index is 0.208. The fraction of sp³-hybridized carbons (Fsp3) is 0.200. The third-order valence-corrected chi connectivity index (χ3v) is 4.66. The maximum atomic E-state index is 11.2. The largest absolute Gasteiger partial charge is 0.491 e. The minimum Gasteiger partial charge on any atom is -0.491 e. The molecule has 0 aliphatic heterocycles. The molecule has 0 atom stereocenters. The number of aryl methyl sites for hydroxylation is 1. The second-order valence-corrected chi connectivity index (χ2v) is 6.78. The Morgan fingerprint density at radius 1 is 1.19 bits per heavy atom. The third kappa shape index (κ3) is 5.25. The van der Waals surface area contributed by atoms with Crippen molar-refractivity contribution >= 4 is 34.3 Å². The Hall–Kier alpha value is -3.73. The number of benzene rings is 1. The highest BCUT2D eigenvalue weighted by Crippen LogP contribution is 2.27. The molecule has 11 heteroatoms. The van der Waals surface area contributed by atoms with Crippen molar-refractivity contribution in [2.75, 3.05) is 20.5 Å². The lowest BCUT2D eigenvalue weighted by atomic mass is 10.1. The molecule has 0 fully saturated rings. The Morgan fingerprint density at radius 2 is 1.94 bits per heavy atom. The van der Waals surface area contributed by atoms with Gasteiger partial charge in [0.1, 0.15) is 10.8 Å². The van der Waals surface area contributed by atoms with Gasteiger partial charge in [0, 0.05) is 24.2 Å². The molecule has 0 spiro atoms. The van der Waals surface area contributed by atoms with Gasteiger partial charge in [0.05, 0.1) is 19.9 Å². The lowest BCUT2D eigenvalue weighted by Gasteiger charge is -2.11. The van der Waals surface area contributed by atoms with E-state index >= 15 is 0 Å². The molecule has 1 amide bonds. The van der Waals surface area contributed by atoms with Crippen molar-refractivity contribution in [1.82, 2.24) is 15.1 Å². The quantitative estimate of drug-likeness (QED) is 0.445. The normalized spacial score (nSPS) is 12.0. The van der Waals surface area contributed by atoms with Crippen LogP contribution in [0.25, 0.3) is 11.4 Å². The number of thioether (sulfide) groups is 1. The first kappa shape index (κ1) is 22.0. The van der Waals surface area contributed by atoms with Gasteiger partial charge in [-0.05, 0) is 36.6 Å². The number of rotatable bonds is 6. The Kier molecular flexibility index (Phi) is 6.98. The summed E-state index contributed by atoms with van der Waals surface area (Å²) in [5, 5.41) is 13.3. The van der Waals surface area contributed by atoms with Crippen LogP contribution in [0.5, 0.6) is 11.6 Å². The van der Waals surface area contributed by atoms with Crippen molar-refractivity contribution in [3.05, 3.63) is 48.0 Å². The minimum atomic E-state index is -1.33. The van der Waals surface area contributed by atoms with E-state index in [0.717, 1.165) is 17.3 Å². The van der Waals surface area contributed by atoms with Gasteiger partial charge in [-0.3, -0.25) is 0 Å². The Morgan fingerprint density at radius 3 is 2.48 bits per heavy atom. The van der Waals surface area contributed by atoms with Crippen LogP contribution in [0.4, 0.5) is 10.5 Å². The molecule has 0 unspecified atom stereocenters. The maximum absolute atomic E-state index is 11.2. The number of carboxylic acid groups (broad SMARTS) is 1. The lowest BCUT2D eigenvalue weighted by molar-refractivity contribution is 0.206. The summed E-state index contributed by atoms with van der Waals surface area (Å²) in [5.74, 6) is 1.61. The van der Waals surface area contributed by atoms with Gasteiger partial charge in [0.2, 0.25) is 11.7 Å². The van der Waals surface area contributed by atoms with Gasteiger partial charge < -0.3 is 19.1 Å². The molecular formula is C20H19N5O5S. The van der Waals surface area contributed by atoms with Gasteiger partial charge in [0.15, 0.2) is 5.75 Å². The van der Waals surface area contributed by atoms with Gasteiger partial charge in [-0.15, -0.1) is 11.8 Å². The fourth-order valence-electron chi connectivity index (χ4n) is 2.61. The van der Waals surface area contributed by atoms with Crippen LogP contribution in [0.15, 0.2) is 51.0 Å². The maximum Gasteiger partial charge on any atom is 0.432 e. The molecule has 2 heterocycles. The molecule has 1 N–H and O–H groups in total. The first-order chi connectivity index (χ1) is 14.9. The molecule has 0 saturated heterocycles. The molecule has 0 bridgehead atoms. The molecule has 2 aromatic heterocycles. The molecule has 10 nitrogen and oxygen atoms in total. The zero-order chi connectivity index (χ0) is 22.4. The average Bonchev–Trinajstić information content (AvgIpc) is 3.22. The molecule has 160 valence electrons. The van der Waals surface area contributed by atoms with E-state index in [0.29, 0.717) is 40.3 Å². The monoisotopic (exact) mass is 441 g/mol. The molecule has 0 aliphatic rings. The van der Waals surface area contributed by atoms with Crippen LogP contribution in [0, 0.1) is 6.92 Å². The highest BCUT2D eigenvalue weighted by atomic mass is 32.2. The number of pyridine rings is 1. The van der Waals surface area contributed by atoms with E-state index in [1.54, 1.807) is 43.5 Å². The van der Waals surface area contributed by atoms with E-state index in [1.807, 2.05) is 0 Å². The highest BCUT2D eigenvalue weighted by Gasteiger charge is 2.17. The number of aromatic nitrogens is 3. The summed E-state index contributed by atoms with van der Waals surface area (Å²) in [7, 11) is 2.96. The lowest BCUT2D eigenvalue weighted by Crippen LogP contribution is -2.14. The second-order valence-electron chi connectivity index (χ2n) is 5.98. The number of ether oxygens (including phenoxy) is 2. The molecule has 1 aromatic carbocycles. The third-order valence-electron chi connectivity index (χ3n) is 3.99. The summed E-state index contributed by atoms with van der Waals surface area (Å²) in [5.41, 5.74) is 2.17. The number of aliphatic imine (C=N–C) groups is 2. The van der Waals surface area contributed by atoms with Gasteiger partial charge in [0.25, 0.3) is 5.88 Å². The Balaban J connectivity index is 2.08. The summed E-state index contributed by atoms with van der Waals surface area (Å²) < 4.78 is 15.5. The van der Waals surface area contributed by atoms with Crippen molar-refractivity contribution in [1.29, 1.82) is 0 Å². The van der Waals surface area contributed by atoms with Gasteiger partial charge in [-0.25, -0.2) is 14.8 Å². The van der Waals surface area contributed by atoms with Crippen LogP contribution in [0.1, 0.15) is 11.5 Å². The van der Waals surface area contributed by atoms with Crippen LogP contribution < -0.4 is 9.47 Å². The first-order valence-corrected chi connectivity index (χ1v) is 10.1. The van der Waals surface area contributed by atoms with Crippen molar-refractivity contribution in [3.63, 3.8) is 0 Å². The topological polar surface area (TPSA) is 132 Å². The zero-order valence-corrected chi connectivity index (χ0v) is 18.0. The fourth-order valence-corrected chi connectivity index (χ4v) is 3.14. The van der Waals surface area contributed by atoms with E-state index < -0.39 is 6.09 Å². The molecule has 31 heavy (non-hydrogen) atoms. The van der Waals surface area contributed by atoms with Crippen molar-refractivity contribution < 1.29 is 23.9 Å². The van der Waals surface area contributed by atoms with Gasteiger partial charge in [-0.1, -0.05) is 5.16 Å². The number of hydrogen-bond donors (Lipinski definition) is 1. The first-order valence-electron chi connectivity index (χ1n) is 8.89. The van der Waals surface area contributed by atoms with Crippen LogP contribution in [-0.2, 0) is 0 Å². The molecule has 0 radical (unpaired) electrons. The summed E-state index contributed by atoms with van der Waals surface area (Å²) in [6.45, 7) is 1.71. The predicted octanol–water partition coefficient (Wildman–Crippen LogP) is 4.02. The van der Waals surface area contributed by atoms with E-state index in [-0.39, 0.29) is 5.04 Å². The average molecular weight is 441 g/mol. The molecule has 0 saturated carbocycles. The van der Waals surface area contributed by atoms with Crippen LogP contribution >= 0.6 is 11.8 Å². The standard InChI is InChI=1S/C20H19N5O5S/c1-11-22-17(25-30-11)12-5-7-14(8-6-12)23-16(19(31-4)24-20(26)27)13-9-15(28-2)18(29-3)21-10-13/h5-10H,1-4H3,(H,26,27). The van der Waals surface area contributed by atoms with Crippen molar-refractivity contribution in [3.8, 4) is 23.0 Å². The Bertz CT molecular complexity index is 1140. The van der Waals surface area contributed by atoms with Gasteiger partial charge >= 0.3 is 6.09 Å². The summed E-state index contributed by atoms with van der Waals surface area (Å²) in [6.07, 6.45) is 1.91. The zero-order valence-electron chi connectivity index (χ0n) is 17.2. The van der Waals surface area contributed by atoms with Crippen molar-refractivity contribution in [2.24, 2.45) is 9.98 Å². The number of hydrogen-bond acceptors (Lipinski definition) is 9. The number of amides is 1.